The van der Waals surface area contributed by atoms with Gasteiger partial charge in [0.15, 0.2) is 0 Å². The van der Waals surface area contributed by atoms with E-state index in [-0.39, 0.29) is 18.0 Å². The Morgan fingerprint density at radius 3 is 2.24 bits per heavy atom. The number of nitrogens with zero attached hydrogens (tertiary/aromatic N) is 3. The summed E-state index contributed by atoms with van der Waals surface area (Å²) in [7, 11) is 1.58. The van der Waals surface area contributed by atoms with Gasteiger partial charge in [-0.05, 0) is 87.2 Å². The topological polar surface area (TPSA) is 47.4 Å². The minimum atomic E-state index is -4.49. The number of hydrogen-bond donors (Lipinski definition) is 0. The summed E-state index contributed by atoms with van der Waals surface area (Å²) >= 11 is 0. The van der Waals surface area contributed by atoms with Crippen LogP contribution in [0.25, 0.3) is 16.7 Å². The molecule has 5 nitrogen and oxygen atoms in total. The number of benzene rings is 3. The summed E-state index contributed by atoms with van der Waals surface area (Å²) in [6.45, 7) is 10.3. The number of ether oxygens (including phenoxy) is 1. The van der Waals surface area contributed by atoms with Gasteiger partial charge in [0.05, 0.1) is 35.9 Å². The van der Waals surface area contributed by atoms with Crippen LogP contribution in [-0.4, -0.2) is 34.0 Å². The monoisotopic (exact) mass is 523 g/mol. The number of imidazole rings is 1. The van der Waals surface area contributed by atoms with Gasteiger partial charge in [-0.15, -0.1) is 0 Å². The summed E-state index contributed by atoms with van der Waals surface area (Å²) in [5.41, 5.74) is 5.12. The van der Waals surface area contributed by atoms with E-state index in [4.69, 9.17) is 4.74 Å². The number of aromatic nitrogens is 2. The molecule has 0 atom stereocenters. The summed E-state index contributed by atoms with van der Waals surface area (Å²) in [6, 6.07) is 13.1. The van der Waals surface area contributed by atoms with Gasteiger partial charge in [0.25, 0.3) is 5.91 Å². The molecule has 0 spiro atoms. The van der Waals surface area contributed by atoms with Crippen LogP contribution in [0, 0.1) is 27.7 Å². The maximum atomic E-state index is 13.8. The molecule has 3 aromatic carbocycles. The molecule has 0 N–H and O–H groups in total. The third kappa shape index (κ3) is 5.26. The molecule has 0 aliphatic rings. The second-order valence-corrected chi connectivity index (χ2v) is 9.72. The fourth-order valence-electron chi connectivity index (χ4n) is 5.06. The molecule has 0 saturated heterocycles. The zero-order chi connectivity index (χ0) is 27.8. The Hall–Kier alpha value is -3.81. The van der Waals surface area contributed by atoms with Crippen molar-refractivity contribution in [1.29, 1.82) is 0 Å². The van der Waals surface area contributed by atoms with E-state index in [1.54, 1.807) is 18.1 Å². The number of alkyl halides is 3. The number of aryl methyl sites for hydroxylation is 4. The summed E-state index contributed by atoms with van der Waals surface area (Å²) < 4.78 is 47.7. The molecule has 1 heterocycles. The highest BCUT2D eigenvalue weighted by molar-refractivity contribution is 5.97. The van der Waals surface area contributed by atoms with Crippen molar-refractivity contribution in [1.82, 2.24) is 14.5 Å². The first kappa shape index (κ1) is 27.2. The summed E-state index contributed by atoms with van der Waals surface area (Å²) in [5.74, 6) is 1.03. The van der Waals surface area contributed by atoms with E-state index in [0.717, 1.165) is 46.5 Å². The van der Waals surface area contributed by atoms with Gasteiger partial charge >= 0.3 is 6.18 Å². The highest BCUT2D eigenvalue weighted by Gasteiger charge is 2.31. The van der Waals surface area contributed by atoms with Crippen LogP contribution in [0.15, 0.2) is 48.5 Å². The molecule has 38 heavy (non-hydrogen) atoms. The lowest BCUT2D eigenvalue weighted by molar-refractivity contribution is -0.137. The van der Waals surface area contributed by atoms with Crippen LogP contribution in [-0.2, 0) is 12.7 Å². The molecule has 4 rings (SSSR count). The van der Waals surface area contributed by atoms with Crippen LogP contribution in [0.1, 0.15) is 57.3 Å². The lowest BCUT2D eigenvalue weighted by Gasteiger charge is -2.25. The average molecular weight is 524 g/mol. The predicted octanol–water partition coefficient (Wildman–Crippen LogP) is 7.34. The van der Waals surface area contributed by atoms with Crippen molar-refractivity contribution in [3.63, 3.8) is 0 Å². The summed E-state index contributed by atoms with van der Waals surface area (Å²) in [4.78, 5) is 20.2. The van der Waals surface area contributed by atoms with Crippen LogP contribution in [0.5, 0.6) is 5.75 Å². The van der Waals surface area contributed by atoms with E-state index in [1.807, 2.05) is 63.5 Å². The van der Waals surface area contributed by atoms with Crippen molar-refractivity contribution >= 4 is 16.9 Å². The molecule has 1 aromatic heterocycles. The number of fused-ring (bicyclic) bond motifs is 1. The average Bonchev–Trinajstić information content (AvgIpc) is 3.19. The highest BCUT2D eigenvalue weighted by Crippen LogP contribution is 2.34. The van der Waals surface area contributed by atoms with Crippen LogP contribution >= 0.6 is 0 Å². The molecule has 200 valence electrons. The normalized spacial score (nSPS) is 11.7. The molecule has 0 fully saturated rings. The van der Waals surface area contributed by atoms with Gasteiger partial charge in [-0.3, -0.25) is 9.36 Å². The Bertz CT molecular complexity index is 1480. The Morgan fingerprint density at radius 1 is 0.974 bits per heavy atom. The van der Waals surface area contributed by atoms with Gasteiger partial charge in [0.1, 0.15) is 11.6 Å². The standard InChI is InChI=1S/C30H32F3N3O2/c1-7-12-35(29(37)28-20(4)13-18(2)14-21(28)5)17-27-34-24-16-22(30(31,32)33)8-10-26(24)36(27)25-11-9-23(38-6)15-19(25)3/h8-11,13-16H,7,12,17H2,1-6H3. The molecule has 8 heteroatoms. The molecule has 0 aliphatic heterocycles. The first-order valence-electron chi connectivity index (χ1n) is 12.5. The Kier molecular flexibility index (Phi) is 7.54. The largest absolute Gasteiger partial charge is 0.497 e. The molecular formula is C30H32F3N3O2. The van der Waals surface area contributed by atoms with E-state index in [2.05, 4.69) is 4.98 Å². The van der Waals surface area contributed by atoms with E-state index in [0.29, 0.717) is 29.2 Å². The van der Waals surface area contributed by atoms with Gasteiger partial charge < -0.3 is 9.64 Å². The minimum absolute atomic E-state index is 0.122. The zero-order valence-corrected chi connectivity index (χ0v) is 22.5. The number of methoxy groups -OCH3 is 1. The van der Waals surface area contributed by atoms with Crippen molar-refractivity contribution in [3.05, 3.63) is 87.7 Å². The van der Waals surface area contributed by atoms with Crippen LogP contribution in [0.2, 0.25) is 0 Å². The quantitative estimate of drug-likeness (QED) is 0.255. The SMILES string of the molecule is CCCN(Cc1nc2cc(C(F)(F)F)ccc2n1-c1ccc(OC)cc1C)C(=O)c1c(C)cc(C)cc1C. The molecular weight excluding hydrogens is 491 g/mol. The zero-order valence-electron chi connectivity index (χ0n) is 22.5. The number of rotatable bonds is 7. The first-order chi connectivity index (χ1) is 17.9. The van der Waals surface area contributed by atoms with Gasteiger partial charge in [0, 0.05) is 12.1 Å². The fraction of sp³-hybridized carbons (Fsp3) is 0.333. The van der Waals surface area contributed by atoms with Gasteiger partial charge in [-0.2, -0.15) is 13.2 Å². The van der Waals surface area contributed by atoms with E-state index >= 15 is 0 Å². The maximum Gasteiger partial charge on any atom is 0.416 e. The van der Waals surface area contributed by atoms with E-state index in [9.17, 15) is 18.0 Å². The fourth-order valence-corrected chi connectivity index (χ4v) is 5.06. The third-order valence-electron chi connectivity index (χ3n) is 6.70. The Labute approximate surface area is 220 Å². The maximum absolute atomic E-state index is 13.8. The number of hydrogen-bond acceptors (Lipinski definition) is 3. The number of amides is 1. The number of carbonyl (C=O) groups is 1. The van der Waals surface area contributed by atoms with Crippen LogP contribution in [0.3, 0.4) is 0 Å². The smallest absolute Gasteiger partial charge is 0.416 e. The molecule has 1 amide bonds. The highest BCUT2D eigenvalue weighted by atomic mass is 19.4. The van der Waals surface area contributed by atoms with Crippen molar-refractivity contribution in [3.8, 4) is 11.4 Å². The predicted molar refractivity (Wildman–Crippen MR) is 143 cm³/mol. The molecule has 0 aliphatic carbocycles. The van der Waals surface area contributed by atoms with Gasteiger partial charge in [0.2, 0.25) is 0 Å². The van der Waals surface area contributed by atoms with Crippen LogP contribution in [0.4, 0.5) is 13.2 Å². The Morgan fingerprint density at radius 2 is 1.66 bits per heavy atom. The first-order valence-corrected chi connectivity index (χ1v) is 12.5. The lowest BCUT2D eigenvalue weighted by atomic mass is 9.98. The van der Waals surface area contributed by atoms with Gasteiger partial charge in [-0.25, -0.2) is 4.98 Å². The molecule has 0 saturated carbocycles. The second kappa shape index (κ2) is 10.5. The second-order valence-electron chi connectivity index (χ2n) is 9.72. The minimum Gasteiger partial charge on any atom is -0.497 e. The number of halogens is 3. The van der Waals surface area contributed by atoms with Crippen molar-refractivity contribution in [2.45, 2.75) is 53.8 Å². The van der Waals surface area contributed by atoms with Crippen molar-refractivity contribution in [2.75, 3.05) is 13.7 Å². The van der Waals surface area contributed by atoms with Crippen LogP contribution < -0.4 is 4.74 Å². The van der Waals surface area contributed by atoms with E-state index in [1.165, 1.54) is 6.07 Å². The van der Waals surface area contributed by atoms with Crippen molar-refractivity contribution in [2.24, 2.45) is 0 Å². The number of carbonyl (C=O) groups excluding carboxylic acids is 1. The molecule has 0 radical (unpaired) electrons. The summed E-state index contributed by atoms with van der Waals surface area (Å²) in [5, 5.41) is 0. The Balaban J connectivity index is 1.88. The third-order valence-corrected chi connectivity index (χ3v) is 6.70. The molecule has 0 unspecified atom stereocenters. The molecule has 4 aromatic rings. The van der Waals surface area contributed by atoms with E-state index < -0.39 is 11.7 Å². The lowest BCUT2D eigenvalue weighted by Crippen LogP contribution is -2.33. The molecule has 0 bridgehead atoms. The summed E-state index contributed by atoms with van der Waals surface area (Å²) in [6.07, 6.45) is -3.77. The van der Waals surface area contributed by atoms with Gasteiger partial charge in [-0.1, -0.05) is 24.6 Å². The van der Waals surface area contributed by atoms with Crippen molar-refractivity contribution < 1.29 is 22.7 Å².